The molecule has 2 amide bonds. The monoisotopic (exact) mass is 260 g/mol. The third-order valence-corrected chi connectivity index (χ3v) is 2.33. The van der Waals surface area contributed by atoms with Crippen LogP contribution in [0, 0.1) is 0 Å². The number of urea groups is 1. The maximum atomic E-state index is 12.1. The fraction of sp³-hybridized carbons (Fsp3) is 0.417. The van der Waals surface area contributed by atoms with Gasteiger partial charge in [-0.1, -0.05) is 30.3 Å². The van der Waals surface area contributed by atoms with Gasteiger partial charge in [-0.15, -0.1) is 0 Å². The molecule has 0 radical (unpaired) electrons. The van der Waals surface area contributed by atoms with E-state index in [0.717, 1.165) is 15.8 Å². The van der Waals surface area contributed by atoms with Crippen molar-refractivity contribution in [3.8, 4) is 0 Å². The Morgan fingerprint density at radius 1 is 1.28 bits per heavy atom. The summed E-state index contributed by atoms with van der Waals surface area (Å²) in [6.07, 6.45) is -4.71. The van der Waals surface area contributed by atoms with Gasteiger partial charge in [-0.05, 0) is 19.4 Å². The summed E-state index contributed by atoms with van der Waals surface area (Å²) in [5, 5.41) is 1.01. The molecule has 100 valence electrons. The van der Waals surface area contributed by atoms with Crippen LogP contribution in [-0.4, -0.2) is 23.3 Å². The second-order valence-corrected chi connectivity index (χ2v) is 4.14. The van der Waals surface area contributed by atoms with E-state index in [1.807, 2.05) is 0 Å². The van der Waals surface area contributed by atoms with E-state index < -0.39 is 12.3 Å². The van der Waals surface area contributed by atoms with E-state index in [1.165, 1.54) is 0 Å². The Balaban J connectivity index is 2.75. The van der Waals surface area contributed by atoms with E-state index in [-0.39, 0.29) is 12.6 Å². The zero-order valence-electron chi connectivity index (χ0n) is 10.2. The molecule has 1 aromatic rings. The summed E-state index contributed by atoms with van der Waals surface area (Å²) >= 11 is 0. The Morgan fingerprint density at radius 2 is 1.83 bits per heavy atom. The molecule has 0 unspecified atom stereocenters. The van der Waals surface area contributed by atoms with Gasteiger partial charge in [-0.2, -0.15) is 13.2 Å². The molecule has 0 spiro atoms. The Hall–Kier alpha value is -1.72. The minimum Gasteiger partial charge on any atom is -0.318 e. The lowest BCUT2D eigenvalue weighted by molar-refractivity contribution is -0.147. The maximum absolute atomic E-state index is 12.1. The van der Waals surface area contributed by atoms with Crippen molar-refractivity contribution in [1.82, 2.24) is 10.2 Å². The number of carbonyl (C=O) groups is 1. The topological polar surface area (TPSA) is 32.3 Å². The summed E-state index contributed by atoms with van der Waals surface area (Å²) in [6, 6.07) is 7.41. The number of rotatable bonds is 3. The van der Waals surface area contributed by atoms with E-state index in [0.29, 0.717) is 0 Å². The van der Waals surface area contributed by atoms with Crippen molar-refractivity contribution in [3.05, 3.63) is 35.9 Å². The van der Waals surface area contributed by atoms with Crippen molar-refractivity contribution in [2.24, 2.45) is 0 Å². The van der Waals surface area contributed by atoms with Crippen LogP contribution in [0.25, 0.3) is 0 Å². The summed E-state index contributed by atoms with van der Waals surface area (Å²) in [6.45, 7) is 3.47. The first-order chi connectivity index (χ1) is 8.29. The van der Waals surface area contributed by atoms with Crippen LogP contribution < -0.4 is 5.32 Å². The first kappa shape index (κ1) is 14.3. The van der Waals surface area contributed by atoms with Crippen LogP contribution in [0.2, 0.25) is 0 Å². The zero-order valence-corrected chi connectivity index (χ0v) is 10.2. The van der Waals surface area contributed by atoms with Gasteiger partial charge in [0.1, 0.15) is 0 Å². The number of benzene rings is 1. The van der Waals surface area contributed by atoms with Gasteiger partial charge in [0.15, 0.2) is 0 Å². The predicted molar refractivity (Wildman–Crippen MR) is 61.7 cm³/mol. The molecule has 0 saturated carbocycles. The van der Waals surface area contributed by atoms with E-state index >= 15 is 0 Å². The number of halogens is 3. The fourth-order valence-electron chi connectivity index (χ4n) is 1.46. The molecule has 1 N–H and O–H groups in total. The number of nitrogens with one attached hydrogen (secondary N) is 1. The highest BCUT2D eigenvalue weighted by atomic mass is 19.4. The number of nitrogens with zero attached hydrogens (tertiary/aromatic N) is 1. The summed E-state index contributed by atoms with van der Waals surface area (Å²) < 4.78 is 36.3. The third kappa shape index (κ3) is 4.65. The Morgan fingerprint density at radius 3 is 2.28 bits per heavy atom. The van der Waals surface area contributed by atoms with Crippen molar-refractivity contribution in [3.63, 3.8) is 0 Å². The largest absolute Gasteiger partial charge is 0.485 e. The Labute approximate surface area is 104 Å². The van der Waals surface area contributed by atoms with Gasteiger partial charge in [0.2, 0.25) is 0 Å². The quantitative estimate of drug-likeness (QED) is 0.832. The number of hydrogen-bond acceptors (Lipinski definition) is 1. The standard InChI is InChI=1S/C12H15F3N2O/c1-9(2)17(11(18)16-12(13,14)15)8-10-6-4-3-5-7-10/h3-7,9H,8H2,1-2H3,(H,16,18). The highest BCUT2D eigenvalue weighted by Crippen LogP contribution is 2.13. The summed E-state index contributed by atoms with van der Waals surface area (Å²) in [5.41, 5.74) is 0.781. The summed E-state index contributed by atoms with van der Waals surface area (Å²) in [4.78, 5) is 12.6. The van der Waals surface area contributed by atoms with E-state index in [1.54, 1.807) is 44.2 Å². The van der Waals surface area contributed by atoms with Gasteiger partial charge in [0.25, 0.3) is 0 Å². The van der Waals surface area contributed by atoms with Crippen molar-refractivity contribution in [2.45, 2.75) is 32.7 Å². The van der Waals surface area contributed by atoms with Crippen LogP contribution in [0.3, 0.4) is 0 Å². The smallest absolute Gasteiger partial charge is 0.318 e. The van der Waals surface area contributed by atoms with Gasteiger partial charge in [0, 0.05) is 12.6 Å². The molecule has 0 saturated heterocycles. The molecule has 0 aromatic heterocycles. The predicted octanol–water partition coefficient (Wildman–Crippen LogP) is 3.13. The molecule has 0 bridgehead atoms. The normalized spacial score (nSPS) is 11.4. The average molecular weight is 260 g/mol. The van der Waals surface area contributed by atoms with E-state index in [9.17, 15) is 18.0 Å². The SMILES string of the molecule is CC(C)N(Cc1ccccc1)C(=O)NC(F)(F)F. The lowest BCUT2D eigenvalue weighted by Gasteiger charge is -2.27. The molecular formula is C12H15F3N2O. The first-order valence-corrected chi connectivity index (χ1v) is 5.49. The second kappa shape index (κ2) is 5.75. The molecule has 0 aliphatic rings. The van der Waals surface area contributed by atoms with Crippen molar-refractivity contribution in [2.75, 3.05) is 0 Å². The molecule has 0 aliphatic carbocycles. The van der Waals surface area contributed by atoms with Crippen LogP contribution in [0.15, 0.2) is 30.3 Å². The number of carbonyl (C=O) groups excluding carboxylic acids is 1. The summed E-state index contributed by atoms with van der Waals surface area (Å²) in [5.74, 6) is 0. The van der Waals surface area contributed by atoms with E-state index in [4.69, 9.17) is 0 Å². The Kier molecular flexibility index (Phi) is 4.58. The van der Waals surface area contributed by atoms with Crippen LogP contribution >= 0.6 is 0 Å². The first-order valence-electron chi connectivity index (χ1n) is 5.49. The van der Waals surface area contributed by atoms with Gasteiger partial charge in [-0.25, -0.2) is 10.1 Å². The van der Waals surface area contributed by atoms with Crippen LogP contribution in [0.4, 0.5) is 18.0 Å². The molecule has 3 nitrogen and oxygen atoms in total. The van der Waals surface area contributed by atoms with Crippen LogP contribution in [0.1, 0.15) is 19.4 Å². The highest BCUT2D eigenvalue weighted by Gasteiger charge is 2.33. The van der Waals surface area contributed by atoms with Gasteiger partial charge in [0.05, 0.1) is 0 Å². The molecule has 1 rings (SSSR count). The molecule has 1 aromatic carbocycles. The molecule has 18 heavy (non-hydrogen) atoms. The molecule has 0 heterocycles. The minimum absolute atomic E-state index is 0.139. The van der Waals surface area contributed by atoms with E-state index in [2.05, 4.69) is 0 Å². The summed E-state index contributed by atoms with van der Waals surface area (Å²) in [7, 11) is 0. The molecule has 0 atom stereocenters. The lowest BCUT2D eigenvalue weighted by atomic mass is 10.2. The van der Waals surface area contributed by atoms with Crippen molar-refractivity contribution in [1.29, 1.82) is 0 Å². The lowest BCUT2D eigenvalue weighted by Crippen LogP contribution is -2.48. The van der Waals surface area contributed by atoms with Crippen molar-refractivity contribution < 1.29 is 18.0 Å². The third-order valence-electron chi connectivity index (χ3n) is 2.33. The van der Waals surface area contributed by atoms with Crippen LogP contribution in [0.5, 0.6) is 0 Å². The molecule has 0 aliphatic heterocycles. The van der Waals surface area contributed by atoms with Gasteiger partial charge in [-0.3, -0.25) is 0 Å². The van der Waals surface area contributed by atoms with Gasteiger partial charge < -0.3 is 4.90 Å². The number of amides is 2. The van der Waals surface area contributed by atoms with Crippen molar-refractivity contribution >= 4 is 6.03 Å². The highest BCUT2D eigenvalue weighted by molar-refractivity contribution is 5.74. The Bertz CT molecular complexity index is 390. The zero-order chi connectivity index (χ0) is 13.8. The average Bonchev–Trinajstić information content (AvgIpc) is 2.24. The molecular weight excluding hydrogens is 245 g/mol. The maximum Gasteiger partial charge on any atom is 0.485 e. The second-order valence-electron chi connectivity index (χ2n) is 4.14. The molecule has 0 fully saturated rings. The molecule has 6 heteroatoms. The minimum atomic E-state index is -4.71. The fourth-order valence-corrected chi connectivity index (χ4v) is 1.46. The number of alkyl halides is 3. The number of hydrogen-bond donors (Lipinski definition) is 1. The van der Waals surface area contributed by atoms with Crippen LogP contribution in [-0.2, 0) is 6.54 Å². The van der Waals surface area contributed by atoms with Gasteiger partial charge >= 0.3 is 12.3 Å².